The fourth-order valence-electron chi connectivity index (χ4n) is 4.75. The van der Waals surface area contributed by atoms with Gasteiger partial charge in [0.2, 0.25) is 0 Å². The van der Waals surface area contributed by atoms with Crippen LogP contribution in [-0.4, -0.2) is 53.5 Å². The highest BCUT2D eigenvalue weighted by Gasteiger charge is 2.34. The minimum absolute atomic E-state index is 0.0512. The van der Waals surface area contributed by atoms with Gasteiger partial charge in [-0.1, -0.05) is 11.6 Å². The number of ether oxygens (including phenoxy) is 1. The number of carboxylic acids is 1. The van der Waals surface area contributed by atoms with Crippen molar-refractivity contribution in [1.29, 1.82) is 0 Å². The zero-order valence-corrected chi connectivity index (χ0v) is 21.8. The van der Waals surface area contributed by atoms with E-state index in [1.807, 2.05) is 18.2 Å². The molecule has 1 fully saturated rings. The molecule has 0 spiro atoms. The number of fused-ring (bicyclic) bond motifs is 1. The Labute approximate surface area is 217 Å². The Hall–Kier alpha value is -1.91. The van der Waals surface area contributed by atoms with Crippen LogP contribution in [0.4, 0.5) is 4.39 Å². The summed E-state index contributed by atoms with van der Waals surface area (Å²) in [5.74, 6) is 0.149. The number of carbonyl (C=O) groups is 1. The number of methoxy groups -OCH3 is 1. The number of pyridine rings is 1. The molecule has 3 atom stereocenters. The third-order valence-corrected chi connectivity index (χ3v) is 9.07. The number of piperidine rings is 1. The van der Waals surface area contributed by atoms with Crippen molar-refractivity contribution in [3.05, 3.63) is 52.2 Å². The predicted molar refractivity (Wildman–Crippen MR) is 140 cm³/mol. The molecule has 4 rings (SSSR count). The van der Waals surface area contributed by atoms with Crippen LogP contribution in [0, 0.1) is 17.7 Å². The molecule has 2 aromatic heterocycles. The van der Waals surface area contributed by atoms with Crippen molar-refractivity contribution in [2.75, 3.05) is 32.5 Å². The number of nitrogens with zero attached hydrogens (tertiary/aromatic N) is 2. The summed E-state index contributed by atoms with van der Waals surface area (Å²) in [6.45, 7) is 2.14. The summed E-state index contributed by atoms with van der Waals surface area (Å²) in [5.41, 5.74) is 8.22. The average Bonchev–Trinajstić information content (AvgIpc) is 3.27. The van der Waals surface area contributed by atoms with Crippen molar-refractivity contribution in [3.63, 3.8) is 0 Å². The molecule has 0 unspecified atom stereocenters. The van der Waals surface area contributed by atoms with E-state index in [9.17, 15) is 14.3 Å². The van der Waals surface area contributed by atoms with Crippen molar-refractivity contribution in [1.82, 2.24) is 9.88 Å². The molecule has 3 N–H and O–H groups in total. The van der Waals surface area contributed by atoms with Crippen molar-refractivity contribution >= 4 is 51.6 Å². The molecule has 1 aliphatic heterocycles. The third kappa shape index (κ3) is 6.46. The number of hydrogen-bond donors (Lipinski definition) is 2. The third-order valence-electron chi connectivity index (χ3n) is 6.64. The van der Waals surface area contributed by atoms with Gasteiger partial charge in [0, 0.05) is 41.8 Å². The van der Waals surface area contributed by atoms with Gasteiger partial charge < -0.3 is 20.5 Å². The van der Waals surface area contributed by atoms with Crippen LogP contribution in [0.5, 0.6) is 5.75 Å². The highest BCUT2D eigenvalue weighted by Crippen LogP contribution is 2.36. The van der Waals surface area contributed by atoms with Crippen LogP contribution in [0.2, 0.25) is 5.02 Å². The van der Waals surface area contributed by atoms with Crippen LogP contribution in [0.1, 0.15) is 30.9 Å². The summed E-state index contributed by atoms with van der Waals surface area (Å²) in [6.07, 6.45) is 3.76. The first kappa shape index (κ1) is 26.2. The zero-order valence-electron chi connectivity index (χ0n) is 19.5. The molecular formula is C25H29ClFN3O3S2. The number of nitrogens with two attached hydrogens (primary N) is 1. The van der Waals surface area contributed by atoms with Gasteiger partial charge in [0.15, 0.2) is 0 Å². The Morgan fingerprint density at radius 1 is 1.46 bits per heavy atom. The average molecular weight is 538 g/mol. The number of thioether (sulfide) groups is 1. The first-order valence-corrected chi connectivity index (χ1v) is 13.8. The zero-order chi connectivity index (χ0) is 24.9. The largest absolute Gasteiger partial charge is 0.497 e. The van der Waals surface area contributed by atoms with E-state index in [2.05, 4.69) is 9.88 Å². The van der Waals surface area contributed by atoms with Crippen molar-refractivity contribution < 1.29 is 19.0 Å². The second kappa shape index (κ2) is 11.9. The lowest BCUT2D eigenvalue weighted by molar-refractivity contribution is -0.146. The summed E-state index contributed by atoms with van der Waals surface area (Å²) in [7, 11) is 1.61. The molecule has 6 nitrogen and oxygen atoms in total. The van der Waals surface area contributed by atoms with E-state index in [4.69, 9.17) is 22.1 Å². The Balaban J connectivity index is 1.37. The molecule has 0 saturated carbocycles. The van der Waals surface area contributed by atoms with Crippen LogP contribution in [0.25, 0.3) is 10.9 Å². The van der Waals surface area contributed by atoms with Gasteiger partial charge in [0.05, 0.1) is 27.8 Å². The highest BCUT2D eigenvalue weighted by molar-refractivity contribution is 8.01. The number of hydrogen-bond acceptors (Lipinski definition) is 7. The molecule has 35 heavy (non-hydrogen) atoms. The number of thiophene rings is 1. The van der Waals surface area contributed by atoms with E-state index in [0.717, 1.165) is 45.9 Å². The van der Waals surface area contributed by atoms with Crippen LogP contribution >= 0.6 is 34.7 Å². The fraction of sp³-hybridized carbons (Fsp3) is 0.440. The Kier molecular flexibility index (Phi) is 8.88. The molecule has 3 heterocycles. The van der Waals surface area contributed by atoms with Crippen molar-refractivity contribution in [2.45, 2.75) is 29.5 Å². The number of likely N-dealkylation sites (tertiary alicyclic amines) is 1. The van der Waals surface area contributed by atoms with Gasteiger partial charge in [-0.05, 0) is 61.6 Å². The second-order valence-corrected chi connectivity index (χ2v) is 11.5. The summed E-state index contributed by atoms with van der Waals surface area (Å²) in [4.78, 5) is 18.7. The lowest BCUT2D eigenvalue weighted by Crippen LogP contribution is -2.44. The molecule has 0 bridgehead atoms. The molecule has 0 amide bonds. The maximum atomic E-state index is 13.2. The van der Waals surface area contributed by atoms with Crippen LogP contribution in [0.3, 0.4) is 0 Å². The molecule has 0 aliphatic carbocycles. The van der Waals surface area contributed by atoms with Crippen molar-refractivity contribution in [2.24, 2.45) is 17.6 Å². The highest BCUT2D eigenvalue weighted by atomic mass is 35.5. The molecular weight excluding hydrogens is 509 g/mol. The summed E-state index contributed by atoms with van der Waals surface area (Å²) < 4.78 is 19.5. The van der Waals surface area contributed by atoms with Gasteiger partial charge in [-0.15, -0.1) is 23.1 Å². The number of carboxylic acid groups (broad SMARTS) is 1. The minimum atomic E-state index is -0.765. The van der Waals surface area contributed by atoms with Crippen molar-refractivity contribution in [3.8, 4) is 5.75 Å². The predicted octanol–water partition coefficient (Wildman–Crippen LogP) is 5.69. The van der Waals surface area contributed by atoms with E-state index < -0.39 is 11.9 Å². The quantitative estimate of drug-likeness (QED) is 0.321. The van der Waals surface area contributed by atoms with Gasteiger partial charge in [-0.25, -0.2) is 4.39 Å². The topological polar surface area (TPSA) is 88.7 Å². The number of aliphatic carboxylic acids is 1. The summed E-state index contributed by atoms with van der Waals surface area (Å²) in [6, 6.07) is 6.82. The van der Waals surface area contributed by atoms with E-state index >= 15 is 0 Å². The van der Waals surface area contributed by atoms with Gasteiger partial charge in [0.25, 0.3) is 0 Å². The van der Waals surface area contributed by atoms with E-state index in [0.29, 0.717) is 30.2 Å². The Morgan fingerprint density at radius 3 is 3.00 bits per heavy atom. The maximum absolute atomic E-state index is 13.2. The molecule has 188 valence electrons. The standard InChI is InChI=1S/C25H29ClFN3O3S2/c1-33-17-3-5-22-18(11-17)24(20(26)12-29-22)21(28)4-2-15-6-7-30(13-19(15)25(31)32)8-9-34-23-10-16(27)14-35-23/h3,5,10-12,14-15,19,21H,2,4,6-9,13,28H2,1H3,(H,31,32)/t15-,19+,21-/m0/s1. The van der Waals surface area contributed by atoms with E-state index in [-0.39, 0.29) is 17.8 Å². The van der Waals surface area contributed by atoms with Gasteiger partial charge in [-0.3, -0.25) is 9.78 Å². The van der Waals surface area contributed by atoms with Gasteiger partial charge in [-0.2, -0.15) is 0 Å². The number of benzene rings is 1. The fourth-order valence-corrected chi connectivity index (χ4v) is 6.93. The number of rotatable bonds is 10. The number of aromatic nitrogens is 1. The monoisotopic (exact) mass is 537 g/mol. The lowest BCUT2D eigenvalue weighted by Gasteiger charge is -2.37. The first-order valence-electron chi connectivity index (χ1n) is 11.6. The van der Waals surface area contributed by atoms with Gasteiger partial charge >= 0.3 is 5.97 Å². The molecule has 3 aromatic rings. The van der Waals surface area contributed by atoms with E-state index in [1.54, 1.807) is 31.1 Å². The SMILES string of the molecule is COc1ccc2ncc(Cl)c([C@@H](N)CC[C@H]3CCN(CCSc4cc(F)cs4)C[C@H]3C(=O)O)c2c1. The molecule has 0 radical (unpaired) electrons. The molecule has 1 saturated heterocycles. The summed E-state index contributed by atoms with van der Waals surface area (Å²) >= 11 is 9.51. The molecule has 1 aliphatic rings. The van der Waals surface area contributed by atoms with Crippen LogP contribution < -0.4 is 10.5 Å². The van der Waals surface area contributed by atoms with E-state index in [1.165, 1.54) is 16.7 Å². The Bertz CT molecular complexity index is 1180. The minimum Gasteiger partial charge on any atom is -0.497 e. The maximum Gasteiger partial charge on any atom is 0.308 e. The van der Waals surface area contributed by atoms with Crippen LogP contribution in [0.15, 0.2) is 40.1 Å². The van der Waals surface area contributed by atoms with Gasteiger partial charge in [0.1, 0.15) is 11.6 Å². The molecule has 1 aromatic carbocycles. The lowest BCUT2D eigenvalue weighted by atomic mass is 9.81. The second-order valence-electron chi connectivity index (χ2n) is 8.81. The number of halogens is 2. The normalized spacial score (nSPS) is 19.7. The summed E-state index contributed by atoms with van der Waals surface area (Å²) in [5, 5.41) is 12.8. The Morgan fingerprint density at radius 2 is 2.29 bits per heavy atom. The molecule has 10 heteroatoms. The first-order chi connectivity index (χ1) is 16.9. The van der Waals surface area contributed by atoms with Crippen LogP contribution in [-0.2, 0) is 4.79 Å². The smallest absolute Gasteiger partial charge is 0.308 e.